The quantitative estimate of drug-likeness (QED) is 0.518. The lowest BCUT2D eigenvalue weighted by Gasteiger charge is -2.08. The average Bonchev–Trinajstić information content (AvgIpc) is 2.30. The van der Waals surface area contributed by atoms with E-state index in [9.17, 15) is 0 Å². The second-order valence-corrected chi connectivity index (χ2v) is 5.96. The molecule has 0 saturated heterocycles. The van der Waals surface area contributed by atoms with Gasteiger partial charge in [0.2, 0.25) is 0 Å². The Balaban J connectivity index is 2.14. The summed E-state index contributed by atoms with van der Waals surface area (Å²) in [6.07, 6.45) is 7.78. The van der Waals surface area contributed by atoms with Gasteiger partial charge in [-0.05, 0) is 40.5 Å². The Morgan fingerprint density at radius 2 is 1.71 bits per heavy atom. The van der Waals surface area contributed by atoms with E-state index in [4.69, 9.17) is 4.74 Å². The molecule has 0 atom stereocenters. The van der Waals surface area contributed by atoms with Crippen LogP contribution in [-0.4, -0.2) is 6.61 Å². The highest BCUT2D eigenvalue weighted by Gasteiger charge is 2.01. The normalized spacial score (nSPS) is 10.5. The zero-order chi connectivity index (χ0) is 12.5. The molecule has 0 fully saturated rings. The van der Waals surface area contributed by atoms with Crippen molar-refractivity contribution in [3.63, 3.8) is 0 Å². The van der Waals surface area contributed by atoms with Gasteiger partial charge in [0.15, 0.2) is 0 Å². The summed E-state index contributed by atoms with van der Waals surface area (Å²) in [4.78, 5) is 0. The van der Waals surface area contributed by atoms with Crippen molar-refractivity contribution < 1.29 is 4.74 Å². The standard InChI is InChI=1S/C14H20Br2O/c1-2-3-4-5-6-7-10-17-14-9-8-12(15)11-13(14)16/h8-9,11H,2-7,10H2,1H3. The van der Waals surface area contributed by atoms with Crippen LogP contribution < -0.4 is 4.74 Å². The Morgan fingerprint density at radius 3 is 2.41 bits per heavy atom. The molecule has 0 saturated carbocycles. The fourth-order valence-corrected chi connectivity index (χ4v) is 2.82. The summed E-state index contributed by atoms with van der Waals surface area (Å²) in [6, 6.07) is 6.00. The van der Waals surface area contributed by atoms with Gasteiger partial charge in [0.05, 0.1) is 11.1 Å². The van der Waals surface area contributed by atoms with Crippen LogP contribution in [-0.2, 0) is 0 Å². The van der Waals surface area contributed by atoms with Crippen LogP contribution in [0.4, 0.5) is 0 Å². The Labute approximate surface area is 121 Å². The molecule has 0 aromatic heterocycles. The first-order valence-corrected chi connectivity index (χ1v) is 7.90. The third kappa shape index (κ3) is 6.46. The van der Waals surface area contributed by atoms with Crippen molar-refractivity contribution in [2.75, 3.05) is 6.61 Å². The maximum atomic E-state index is 5.73. The van der Waals surface area contributed by atoms with Crippen LogP contribution in [0.5, 0.6) is 5.75 Å². The van der Waals surface area contributed by atoms with Crippen molar-refractivity contribution >= 4 is 31.9 Å². The number of ether oxygens (including phenoxy) is 1. The molecule has 1 aromatic rings. The van der Waals surface area contributed by atoms with Gasteiger partial charge in [-0.3, -0.25) is 0 Å². The third-order valence-corrected chi connectivity index (χ3v) is 3.76. The first kappa shape index (κ1) is 15.0. The van der Waals surface area contributed by atoms with Gasteiger partial charge in [0, 0.05) is 4.47 Å². The van der Waals surface area contributed by atoms with E-state index < -0.39 is 0 Å². The largest absolute Gasteiger partial charge is 0.492 e. The van der Waals surface area contributed by atoms with E-state index in [-0.39, 0.29) is 0 Å². The highest BCUT2D eigenvalue weighted by atomic mass is 79.9. The number of hydrogen-bond acceptors (Lipinski definition) is 1. The van der Waals surface area contributed by atoms with Gasteiger partial charge < -0.3 is 4.74 Å². The minimum Gasteiger partial charge on any atom is -0.492 e. The van der Waals surface area contributed by atoms with Crippen LogP contribution in [0.3, 0.4) is 0 Å². The lowest BCUT2D eigenvalue weighted by Crippen LogP contribution is -1.97. The van der Waals surface area contributed by atoms with Crippen molar-refractivity contribution in [1.29, 1.82) is 0 Å². The Kier molecular flexibility index (Phi) is 7.95. The van der Waals surface area contributed by atoms with Gasteiger partial charge in [-0.15, -0.1) is 0 Å². The van der Waals surface area contributed by atoms with E-state index in [1.54, 1.807) is 0 Å². The van der Waals surface area contributed by atoms with Crippen molar-refractivity contribution in [2.45, 2.75) is 45.4 Å². The van der Waals surface area contributed by atoms with E-state index in [1.807, 2.05) is 18.2 Å². The van der Waals surface area contributed by atoms with Gasteiger partial charge in [-0.25, -0.2) is 0 Å². The molecule has 0 heterocycles. The zero-order valence-corrected chi connectivity index (χ0v) is 13.5. The predicted molar refractivity (Wildman–Crippen MR) is 80.7 cm³/mol. The lowest BCUT2D eigenvalue weighted by atomic mass is 10.1. The minimum absolute atomic E-state index is 0.812. The van der Waals surface area contributed by atoms with Gasteiger partial charge in [0.25, 0.3) is 0 Å². The Hall–Kier alpha value is -0.0200. The molecule has 0 bridgehead atoms. The van der Waals surface area contributed by atoms with Crippen LogP contribution >= 0.6 is 31.9 Å². The van der Waals surface area contributed by atoms with E-state index in [2.05, 4.69) is 38.8 Å². The second-order valence-electron chi connectivity index (χ2n) is 4.19. The van der Waals surface area contributed by atoms with Crippen LogP contribution in [0.1, 0.15) is 45.4 Å². The van der Waals surface area contributed by atoms with Crippen LogP contribution in [0.15, 0.2) is 27.1 Å². The van der Waals surface area contributed by atoms with E-state index >= 15 is 0 Å². The SMILES string of the molecule is CCCCCCCCOc1ccc(Br)cc1Br. The molecule has 0 amide bonds. The maximum absolute atomic E-state index is 5.73. The smallest absolute Gasteiger partial charge is 0.133 e. The summed E-state index contributed by atoms with van der Waals surface area (Å²) in [5, 5.41) is 0. The van der Waals surface area contributed by atoms with Crippen molar-refractivity contribution in [1.82, 2.24) is 0 Å². The van der Waals surface area contributed by atoms with E-state index in [0.29, 0.717) is 0 Å². The summed E-state index contributed by atoms with van der Waals surface area (Å²) in [5.74, 6) is 0.932. The van der Waals surface area contributed by atoms with Crippen molar-refractivity contribution in [3.8, 4) is 5.75 Å². The second kappa shape index (κ2) is 8.98. The molecule has 1 aromatic carbocycles. The van der Waals surface area contributed by atoms with Gasteiger partial charge in [0.1, 0.15) is 5.75 Å². The number of benzene rings is 1. The molecule has 0 N–H and O–H groups in total. The van der Waals surface area contributed by atoms with Crippen LogP contribution in [0, 0.1) is 0 Å². The first-order chi connectivity index (χ1) is 8.24. The molecule has 0 radical (unpaired) electrons. The zero-order valence-electron chi connectivity index (χ0n) is 10.3. The summed E-state index contributed by atoms with van der Waals surface area (Å²) in [5.41, 5.74) is 0. The summed E-state index contributed by atoms with van der Waals surface area (Å²) >= 11 is 6.92. The highest BCUT2D eigenvalue weighted by molar-refractivity contribution is 9.11. The molecule has 0 spiro atoms. The Bertz CT molecular complexity index is 326. The molecule has 0 aliphatic rings. The van der Waals surface area contributed by atoms with Gasteiger partial charge in [-0.1, -0.05) is 55.0 Å². The number of halogens is 2. The Morgan fingerprint density at radius 1 is 1.00 bits per heavy atom. The first-order valence-electron chi connectivity index (χ1n) is 6.32. The van der Waals surface area contributed by atoms with Gasteiger partial charge >= 0.3 is 0 Å². The molecule has 3 heteroatoms. The number of unbranched alkanes of at least 4 members (excludes halogenated alkanes) is 5. The van der Waals surface area contributed by atoms with E-state index in [0.717, 1.165) is 27.7 Å². The predicted octanol–water partition coefficient (Wildman–Crippen LogP) is 5.95. The molecule has 96 valence electrons. The number of rotatable bonds is 8. The molecular weight excluding hydrogens is 344 g/mol. The maximum Gasteiger partial charge on any atom is 0.133 e. The lowest BCUT2D eigenvalue weighted by molar-refractivity contribution is 0.302. The average molecular weight is 364 g/mol. The van der Waals surface area contributed by atoms with Crippen molar-refractivity contribution in [3.05, 3.63) is 27.1 Å². The highest BCUT2D eigenvalue weighted by Crippen LogP contribution is 2.28. The van der Waals surface area contributed by atoms with Crippen LogP contribution in [0.25, 0.3) is 0 Å². The monoisotopic (exact) mass is 362 g/mol. The van der Waals surface area contributed by atoms with Crippen molar-refractivity contribution in [2.24, 2.45) is 0 Å². The van der Waals surface area contributed by atoms with Gasteiger partial charge in [-0.2, -0.15) is 0 Å². The molecular formula is C14H20Br2O. The molecule has 0 aliphatic carbocycles. The summed E-state index contributed by atoms with van der Waals surface area (Å²) in [7, 11) is 0. The minimum atomic E-state index is 0.812. The topological polar surface area (TPSA) is 9.23 Å². The van der Waals surface area contributed by atoms with Crippen LogP contribution in [0.2, 0.25) is 0 Å². The molecule has 0 unspecified atom stereocenters. The summed E-state index contributed by atoms with van der Waals surface area (Å²) < 4.78 is 7.81. The number of hydrogen-bond donors (Lipinski definition) is 0. The third-order valence-electron chi connectivity index (χ3n) is 2.65. The molecule has 1 rings (SSSR count). The summed E-state index contributed by atoms with van der Waals surface area (Å²) in [6.45, 7) is 3.06. The fourth-order valence-electron chi connectivity index (χ4n) is 1.66. The molecule has 17 heavy (non-hydrogen) atoms. The molecule has 0 aliphatic heterocycles. The van der Waals surface area contributed by atoms with E-state index in [1.165, 1.54) is 32.1 Å². The molecule has 1 nitrogen and oxygen atoms in total. The fraction of sp³-hybridized carbons (Fsp3) is 0.571.